The minimum Gasteiger partial charge on any atom is -0.490 e. The molecule has 0 fully saturated rings. The highest BCUT2D eigenvalue weighted by Gasteiger charge is 2.21. The van der Waals surface area contributed by atoms with Gasteiger partial charge >= 0.3 is 12.0 Å². The molecule has 0 aliphatic carbocycles. The molecule has 3 amide bonds. The van der Waals surface area contributed by atoms with Crippen molar-refractivity contribution in [2.45, 2.75) is 26.9 Å². The molecule has 0 spiro atoms. The van der Waals surface area contributed by atoms with Crippen molar-refractivity contribution in [3.8, 4) is 17.2 Å². The molecule has 0 aliphatic rings. The molecule has 0 heterocycles. The average Bonchev–Trinajstić information content (AvgIpc) is 2.78. The maximum atomic E-state index is 12.4. The number of rotatable bonds is 11. The fraction of sp³-hybridized carbons (Fsp3) is 0.348. The lowest BCUT2D eigenvalue weighted by molar-refractivity contribution is -0.127. The molecular weight excluding hydrogens is 416 g/mol. The van der Waals surface area contributed by atoms with Gasteiger partial charge in [-0.25, -0.2) is 9.59 Å². The standard InChI is InChI=1S/C23H28N2O7/c1-4-24-23(28)25-21(26)16(3)32-22(27)17-11-12-19(20(15-17)29-5-2)31-14-13-30-18-9-7-6-8-10-18/h6-12,15-16H,4-5,13-14H2,1-3H3,(H2,24,25,26,28). The highest BCUT2D eigenvalue weighted by molar-refractivity contribution is 5.98. The van der Waals surface area contributed by atoms with Gasteiger partial charge in [0.1, 0.15) is 19.0 Å². The Balaban J connectivity index is 1.94. The Labute approximate surface area is 187 Å². The number of hydrogen-bond acceptors (Lipinski definition) is 7. The summed E-state index contributed by atoms with van der Waals surface area (Å²) in [6.45, 7) is 6.22. The number of urea groups is 1. The van der Waals surface area contributed by atoms with E-state index in [-0.39, 0.29) is 12.2 Å². The quantitative estimate of drug-likeness (QED) is 0.405. The summed E-state index contributed by atoms with van der Waals surface area (Å²) in [5, 5.41) is 4.52. The van der Waals surface area contributed by atoms with Crippen LogP contribution < -0.4 is 24.8 Å². The number of ether oxygens (including phenoxy) is 4. The van der Waals surface area contributed by atoms with Crippen LogP contribution in [0.2, 0.25) is 0 Å². The topological polar surface area (TPSA) is 112 Å². The van der Waals surface area contributed by atoms with Crippen LogP contribution in [-0.2, 0) is 9.53 Å². The van der Waals surface area contributed by atoms with E-state index in [1.54, 1.807) is 19.9 Å². The number of esters is 1. The maximum absolute atomic E-state index is 12.4. The summed E-state index contributed by atoms with van der Waals surface area (Å²) in [6.07, 6.45) is -1.16. The van der Waals surface area contributed by atoms with Crippen LogP contribution in [0.3, 0.4) is 0 Å². The summed E-state index contributed by atoms with van der Waals surface area (Å²) in [7, 11) is 0. The second-order valence-electron chi connectivity index (χ2n) is 6.50. The minimum atomic E-state index is -1.16. The minimum absolute atomic E-state index is 0.180. The van der Waals surface area contributed by atoms with E-state index >= 15 is 0 Å². The number of benzene rings is 2. The van der Waals surface area contributed by atoms with Crippen molar-refractivity contribution in [3.05, 3.63) is 54.1 Å². The SMILES string of the molecule is CCNC(=O)NC(=O)C(C)OC(=O)c1ccc(OCCOc2ccccc2)c(OCC)c1. The van der Waals surface area contributed by atoms with Crippen molar-refractivity contribution in [3.63, 3.8) is 0 Å². The Kier molecular flexibility index (Phi) is 9.83. The third-order valence-corrected chi connectivity index (χ3v) is 4.06. The van der Waals surface area contributed by atoms with Gasteiger partial charge in [0.2, 0.25) is 0 Å². The van der Waals surface area contributed by atoms with Crippen molar-refractivity contribution in [2.24, 2.45) is 0 Å². The highest BCUT2D eigenvalue weighted by atomic mass is 16.6. The van der Waals surface area contributed by atoms with Crippen LogP contribution in [0.5, 0.6) is 17.2 Å². The first kappa shape index (κ1) is 24.5. The number of amides is 3. The van der Waals surface area contributed by atoms with E-state index in [2.05, 4.69) is 10.6 Å². The molecule has 2 rings (SSSR count). The van der Waals surface area contributed by atoms with E-state index in [1.807, 2.05) is 30.3 Å². The molecule has 0 saturated heterocycles. The third kappa shape index (κ3) is 7.82. The summed E-state index contributed by atoms with van der Waals surface area (Å²) in [4.78, 5) is 35.8. The predicted molar refractivity (Wildman–Crippen MR) is 117 cm³/mol. The Bertz CT molecular complexity index is 902. The number of nitrogens with one attached hydrogen (secondary N) is 2. The number of carbonyl (C=O) groups excluding carboxylic acids is 3. The van der Waals surface area contributed by atoms with Gasteiger partial charge in [-0.15, -0.1) is 0 Å². The largest absolute Gasteiger partial charge is 0.490 e. The van der Waals surface area contributed by atoms with Crippen LogP contribution in [0.15, 0.2) is 48.5 Å². The number of imide groups is 1. The molecule has 0 aromatic heterocycles. The van der Waals surface area contributed by atoms with Crippen LogP contribution >= 0.6 is 0 Å². The summed E-state index contributed by atoms with van der Waals surface area (Å²) in [5.74, 6) is 0.0869. The first-order valence-corrected chi connectivity index (χ1v) is 10.3. The zero-order valence-electron chi connectivity index (χ0n) is 18.4. The van der Waals surface area contributed by atoms with E-state index in [0.29, 0.717) is 31.3 Å². The predicted octanol–water partition coefficient (Wildman–Crippen LogP) is 2.93. The number of carbonyl (C=O) groups is 3. The Morgan fingerprint density at radius 1 is 0.906 bits per heavy atom. The van der Waals surface area contributed by atoms with E-state index in [1.165, 1.54) is 19.1 Å². The first-order valence-electron chi connectivity index (χ1n) is 10.3. The van der Waals surface area contributed by atoms with Crippen molar-refractivity contribution in [2.75, 3.05) is 26.4 Å². The Hall–Kier alpha value is -3.75. The van der Waals surface area contributed by atoms with Gasteiger partial charge in [0, 0.05) is 6.54 Å². The van der Waals surface area contributed by atoms with E-state index in [0.717, 1.165) is 5.75 Å². The summed E-state index contributed by atoms with van der Waals surface area (Å²) in [6, 6.07) is 13.3. The number of hydrogen-bond donors (Lipinski definition) is 2. The molecule has 1 atom stereocenters. The molecule has 9 heteroatoms. The molecule has 9 nitrogen and oxygen atoms in total. The van der Waals surface area contributed by atoms with Crippen LogP contribution in [-0.4, -0.2) is 50.4 Å². The number of para-hydroxylation sites is 1. The van der Waals surface area contributed by atoms with Gasteiger partial charge in [0.05, 0.1) is 12.2 Å². The molecule has 0 bridgehead atoms. The van der Waals surface area contributed by atoms with Gasteiger partial charge in [-0.1, -0.05) is 18.2 Å². The molecule has 0 aliphatic heterocycles. The molecule has 0 saturated carbocycles. The second-order valence-corrected chi connectivity index (χ2v) is 6.50. The summed E-state index contributed by atoms with van der Waals surface area (Å²) < 4.78 is 22.0. The molecule has 2 aromatic carbocycles. The van der Waals surface area contributed by atoms with Gasteiger partial charge in [0.25, 0.3) is 5.91 Å². The smallest absolute Gasteiger partial charge is 0.339 e. The van der Waals surface area contributed by atoms with E-state index < -0.39 is 24.0 Å². The lowest BCUT2D eigenvalue weighted by Gasteiger charge is -2.15. The molecule has 32 heavy (non-hydrogen) atoms. The molecular formula is C23H28N2O7. The second kappa shape index (κ2) is 12.8. The molecule has 2 aromatic rings. The lowest BCUT2D eigenvalue weighted by Crippen LogP contribution is -2.44. The lowest BCUT2D eigenvalue weighted by atomic mass is 10.2. The van der Waals surface area contributed by atoms with Crippen LogP contribution in [0, 0.1) is 0 Å². The maximum Gasteiger partial charge on any atom is 0.339 e. The highest BCUT2D eigenvalue weighted by Crippen LogP contribution is 2.29. The van der Waals surface area contributed by atoms with Crippen molar-refractivity contribution < 1.29 is 33.3 Å². The fourth-order valence-electron chi connectivity index (χ4n) is 2.55. The zero-order chi connectivity index (χ0) is 23.3. The average molecular weight is 444 g/mol. The van der Waals surface area contributed by atoms with Gasteiger partial charge in [-0.2, -0.15) is 0 Å². The van der Waals surface area contributed by atoms with Crippen molar-refractivity contribution in [1.82, 2.24) is 10.6 Å². The van der Waals surface area contributed by atoms with Crippen LogP contribution in [0.25, 0.3) is 0 Å². The van der Waals surface area contributed by atoms with E-state index in [9.17, 15) is 14.4 Å². The monoisotopic (exact) mass is 444 g/mol. The van der Waals surface area contributed by atoms with Crippen LogP contribution in [0.4, 0.5) is 4.79 Å². The molecule has 1 unspecified atom stereocenters. The van der Waals surface area contributed by atoms with E-state index in [4.69, 9.17) is 18.9 Å². The van der Waals surface area contributed by atoms with Gasteiger partial charge in [0.15, 0.2) is 17.6 Å². The normalized spacial score (nSPS) is 11.1. The zero-order valence-corrected chi connectivity index (χ0v) is 18.4. The fourth-order valence-corrected chi connectivity index (χ4v) is 2.55. The molecule has 0 radical (unpaired) electrons. The van der Waals surface area contributed by atoms with Crippen LogP contribution in [0.1, 0.15) is 31.1 Å². The van der Waals surface area contributed by atoms with Gasteiger partial charge in [-0.3, -0.25) is 10.1 Å². The van der Waals surface area contributed by atoms with Crippen molar-refractivity contribution in [1.29, 1.82) is 0 Å². The first-order chi connectivity index (χ1) is 15.4. The molecule has 2 N–H and O–H groups in total. The van der Waals surface area contributed by atoms with Gasteiger partial charge in [-0.05, 0) is 51.1 Å². The summed E-state index contributed by atoms with van der Waals surface area (Å²) >= 11 is 0. The third-order valence-electron chi connectivity index (χ3n) is 4.06. The Morgan fingerprint density at radius 3 is 2.31 bits per heavy atom. The summed E-state index contributed by atoms with van der Waals surface area (Å²) in [5.41, 5.74) is 0.180. The van der Waals surface area contributed by atoms with Gasteiger partial charge < -0.3 is 24.3 Å². The Morgan fingerprint density at radius 2 is 1.62 bits per heavy atom. The van der Waals surface area contributed by atoms with Crippen molar-refractivity contribution >= 4 is 17.9 Å². The molecule has 172 valence electrons.